The Balaban J connectivity index is 2.32. The first-order valence-electron chi connectivity index (χ1n) is 6.10. The van der Waals surface area contributed by atoms with Gasteiger partial charge in [-0.1, -0.05) is 35.9 Å². The molecule has 0 aliphatic rings. The van der Waals surface area contributed by atoms with E-state index >= 15 is 0 Å². The number of allylic oxidation sites excluding steroid dienone is 1. The van der Waals surface area contributed by atoms with E-state index in [-0.39, 0.29) is 17.1 Å². The normalized spacial score (nSPS) is 10.9. The van der Waals surface area contributed by atoms with E-state index in [0.29, 0.717) is 0 Å². The monoisotopic (exact) mass is 270 g/mol. The summed E-state index contributed by atoms with van der Waals surface area (Å²) in [5.41, 5.74) is 0.729. The molecule has 102 valence electrons. The van der Waals surface area contributed by atoms with E-state index in [1.54, 1.807) is 6.08 Å². The van der Waals surface area contributed by atoms with Gasteiger partial charge in [-0.2, -0.15) is 0 Å². The number of hydrogen-bond donors (Lipinski definition) is 1. The lowest BCUT2D eigenvalue weighted by Crippen LogP contribution is -2.12. The lowest BCUT2D eigenvalue weighted by atomic mass is 10.1. The van der Waals surface area contributed by atoms with E-state index < -0.39 is 11.4 Å². The van der Waals surface area contributed by atoms with Crippen LogP contribution in [0.25, 0.3) is 6.08 Å². The molecule has 1 N–H and O–H groups in total. The lowest BCUT2D eigenvalue weighted by molar-refractivity contribution is 0.104. The number of benzene rings is 1. The molecule has 20 heavy (non-hydrogen) atoms. The van der Waals surface area contributed by atoms with Crippen LogP contribution in [0.1, 0.15) is 27.2 Å². The van der Waals surface area contributed by atoms with Crippen molar-refractivity contribution in [1.82, 2.24) is 0 Å². The summed E-state index contributed by atoms with van der Waals surface area (Å²) in [4.78, 5) is 23.5. The van der Waals surface area contributed by atoms with E-state index in [1.165, 1.54) is 19.1 Å². The fraction of sp³-hybridized carbons (Fsp3) is 0.125. The van der Waals surface area contributed by atoms with Crippen molar-refractivity contribution in [3.8, 4) is 5.75 Å². The fourth-order valence-corrected chi connectivity index (χ4v) is 1.85. The number of hydrogen-bond acceptors (Lipinski definition) is 4. The van der Waals surface area contributed by atoms with Crippen molar-refractivity contribution < 1.29 is 14.3 Å². The predicted molar refractivity (Wildman–Crippen MR) is 75.9 cm³/mol. The molecule has 1 heterocycles. The Hall–Kier alpha value is -2.62. The van der Waals surface area contributed by atoms with Crippen molar-refractivity contribution in [2.24, 2.45) is 0 Å². The largest absolute Gasteiger partial charge is 0.507 e. The summed E-state index contributed by atoms with van der Waals surface area (Å²) in [5, 5.41) is 9.67. The summed E-state index contributed by atoms with van der Waals surface area (Å²) in [6.45, 7) is 3.47. The maximum Gasteiger partial charge on any atom is 0.351 e. The molecule has 0 saturated carbocycles. The molecule has 0 unspecified atom stereocenters. The Kier molecular flexibility index (Phi) is 3.84. The van der Waals surface area contributed by atoms with Crippen molar-refractivity contribution in [3.63, 3.8) is 0 Å². The highest BCUT2D eigenvalue weighted by molar-refractivity contribution is 6.08. The van der Waals surface area contributed by atoms with Crippen molar-refractivity contribution in [3.05, 3.63) is 69.3 Å². The van der Waals surface area contributed by atoms with Crippen molar-refractivity contribution in [1.29, 1.82) is 0 Å². The molecule has 2 rings (SSSR count). The summed E-state index contributed by atoms with van der Waals surface area (Å²) in [6, 6.07) is 8.81. The van der Waals surface area contributed by atoms with Gasteiger partial charge in [0.15, 0.2) is 5.78 Å². The molecule has 0 bridgehead atoms. The highest BCUT2D eigenvalue weighted by Gasteiger charge is 2.15. The molecule has 0 radical (unpaired) electrons. The molecule has 0 spiro atoms. The zero-order valence-electron chi connectivity index (χ0n) is 11.2. The van der Waals surface area contributed by atoms with Gasteiger partial charge in [0, 0.05) is 6.07 Å². The maximum absolute atomic E-state index is 11.9. The second-order valence-corrected chi connectivity index (χ2v) is 4.52. The van der Waals surface area contributed by atoms with Crippen molar-refractivity contribution in [2.75, 3.05) is 0 Å². The maximum atomic E-state index is 11.9. The highest BCUT2D eigenvalue weighted by atomic mass is 16.4. The molecule has 1 aromatic carbocycles. The van der Waals surface area contributed by atoms with Crippen LogP contribution in [-0.2, 0) is 0 Å². The van der Waals surface area contributed by atoms with Gasteiger partial charge in [-0.25, -0.2) is 4.79 Å². The van der Waals surface area contributed by atoms with Crippen LogP contribution in [0.3, 0.4) is 0 Å². The first-order valence-corrected chi connectivity index (χ1v) is 6.10. The Morgan fingerprint density at radius 2 is 2.00 bits per heavy atom. The molecule has 0 saturated heterocycles. The Morgan fingerprint density at radius 3 is 2.65 bits per heavy atom. The molecule has 4 nitrogen and oxygen atoms in total. The van der Waals surface area contributed by atoms with Crippen molar-refractivity contribution >= 4 is 11.9 Å². The third kappa shape index (κ3) is 3.03. The number of aryl methyl sites for hydroxylation is 2. The van der Waals surface area contributed by atoms with Gasteiger partial charge in [0.25, 0.3) is 0 Å². The van der Waals surface area contributed by atoms with Gasteiger partial charge < -0.3 is 9.52 Å². The van der Waals surface area contributed by atoms with Crippen LogP contribution in [0.2, 0.25) is 0 Å². The highest BCUT2D eigenvalue weighted by Crippen LogP contribution is 2.16. The Bertz CT molecular complexity index is 738. The van der Waals surface area contributed by atoms with Gasteiger partial charge in [0.1, 0.15) is 17.1 Å². The van der Waals surface area contributed by atoms with Gasteiger partial charge in [0.2, 0.25) is 0 Å². The van der Waals surface area contributed by atoms with Crippen LogP contribution >= 0.6 is 0 Å². The molecule has 0 aliphatic heterocycles. The summed E-state index contributed by atoms with van der Waals surface area (Å²) < 4.78 is 4.81. The van der Waals surface area contributed by atoms with Crippen LogP contribution in [0.4, 0.5) is 0 Å². The molecule has 0 aliphatic carbocycles. The van der Waals surface area contributed by atoms with E-state index in [9.17, 15) is 14.7 Å². The third-order valence-electron chi connectivity index (χ3n) is 2.77. The fourth-order valence-electron chi connectivity index (χ4n) is 1.85. The van der Waals surface area contributed by atoms with Crippen LogP contribution < -0.4 is 5.63 Å². The molecular weight excluding hydrogens is 256 g/mol. The van der Waals surface area contributed by atoms with E-state index in [0.717, 1.165) is 11.1 Å². The third-order valence-corrected chi connectivity index (χ3v) is 2.77. The minimum atomic E-state index is -0.832. The van der Waals surface area contributed by atoms with Crippen LogP contribution in [0.5, 0.6) is 5.75 Å². The average Bonchev–Trinajstić information content (AvgIpc) is 2.35. The van der Waals surface area contributed by atoms with Gasteiger partial charge in [-0.3, -0.25) is 4.79 Å². The van der Waals surface area contributed by atoms with Gasteiger partial charge in [-0.05, 0) is 25.5 Å². The summed E-state index contributed by atoms with van der Waals surface area (Å²) in [5.74, 6) is -0.692. The topological polar surface area (TPSA) is 67.5 Å². The Morgan fingerprint density at radius 1 is 1.25 bits per heavy atom. The molecule has 4 heteroatoms. The van der Waals surface area contributed by atoms with Crippen LogP contribution in [0, 0.1) is 13.8 Å². The van der Waals surface area contributed by atoms with Gasteiger partial charge in [-0.15, -0.1) is 0 Å². The number of ketones is 1. The number of rotatable bonds is 3. The van der Waals surface area contributed by atoms with E-state index in [2.05, 4.69) is 0 Å². The molecule has 0 atom stereocenters. The number of carbonyl (C=O) groups excluding carboxylic acids is 1. The molecule has 1 aromatic heterocycles. The standard InChI is InChI=1S/C16H14O4/c1-10-4-3-5-12(8-10)6-7-13(17)15-14(18)9-11(2)20-16(15)19/h3-9,18H,1-2H3. The molecule has 2 aromatic rings. The number of carbonyl (C=O) groups is 1. The second-order valence-electron chi connectivity index (χ2n) is 4.52. The second kappa shape index (κ2) is 5.57. The van der Waals surface area contributed by atoms with E-state index in [4.69, 9.17) is 4.42 Å². The van der Waals surface area contributed by atoms with Crippen molar-refractivity contribution in [2.45, 2.75) is 13.8 Å². The first kappa shape index (κ1) is 13.8. The van der Waals surface area contributed by atoms with Crippen LogP contribution in [0.15, 0.2) is 45.6 Å². The molecular formula is C16H14O4. The predicted octanol–water partition coefficient (Wildman–Crippen LogP) is 2.86. The van der Waals surface area contributed by atoms with E-state index in [1.807, 2.05) is 31.2 Å². The Labute approximate surface area is 116 Å². The zero-order valence-corrected chi connectivity index (χ0v) is 11.2. The molecule has 0 fully saturated rings. The lowest BCUT2D eigenvalue weighted by Gasteiger charge is -2.00. The SMILES string of the molecule is Cc1cccc(C=CC(=O)c2c(O)cc(C)oc2=O)c1. The summed E-state index contributed by atoms with van der Waals surface area (Å²) in [6.07, 6.45) is 2.84. The van der Waals surface area contributed by atoms with Gasteiger partial charge >= 0.3 is 5.63 Å². The van der Waals surface area contributed by atoms with Gasteiger partial charge in [0.05, 0.1) is 0 Å². The summed E-state index contributed by atoms with van der Waals surface area (Å²) in [7, 11) is 0. The quantitative estimate of drug-likeness (QED) is 0.688. The average molecular weight is 270 g/mol. The molecule has 0 amide bonds. The zero-order chi connectivity index (χ0) is 14.7. The minimum absolute atomic E-state index is 0.256. The first-order chi connectivity index (χ1) is 9.47. The number of aromatic hydroxyl groups is 1. The minimum Gasteiger partial charge on any atom is -0.507 e. The summed E-state index contributed by atoms with van der Waals surface area (Å²) >= 11 is 0. The van der Waals surface area contributed by atoms with Crippen LogP contribution in [-0.4, -0.2) is 10.9 Å². The smallest absolute Gasteiger partial charge is 0.351 e.